The average Bonchev–Trinajstić information content (AvgIpc) is 2.32. The van der Waals surface area contributed by atoms with Crippen LogP contribution in [0, 0.1) is 5.92 Å². The number of benzene rings is 1. The summed E-state index contributed by atoms with van der Waals surface area (Å²) in [4.78, 5) is 11.7. The minimum atomic E-state index is -0.0527. The van der Waals surface area contributed by atoms with E-state index in [1.54, 1.807) is 18.2 Å². The van der Waals surface area contributed by atoms with Gasteiger partial charge in [0.15, 0.2) is 0 Å². The second kappa shape index (κ2) is 7.62. The zero-order chi connectivity index (χ0) is 13.5. The van der Waals surface area contributed by atoms with Crippen LogP contribution in [-0.2, 0) is 4.79 Å². The van der Waals surface area contributed by atoms with Crippen LogP contribution in [0.2, 0.25) is 10.0 Å². The van der Waals surface area contributed by atoms with E-state index in [9.17, 15) is 4.79 Å². The molecule has 3 N–H and O–H groups in total. The maximum absolute atomic E-state index is 11.7. The van der Waals surface area contributed by atoms with E-state index in [0.717, 1.165) is 12.8 Å². The molecule has 0 radical (unpaired) electrons. The molecule has 0 fully saturated rings. The van der Waals surface area contributed by atoms with E-state index < -0.39 is 0 Å². The summed E-state index contributed by atoms with van der Waals surface area (Å²) in [5, 5.41) is 3.80. The number of amides is 1. The van der Waals surface area contributed by atoms with Crippen LogP contribution in [0.15, 0.2) is 18.2 Å². The topological polar surface area (TPSA) is 55.1 Å². The van der Waals surface area contributed by atoms with Crippen molar-refractivity contribution in [2.45, 2.75) is 26.2 Å². The number of nitrogens with two attached hydrogens (primary N) is 1. The highest BCUT2D eigenvalue weighted by molar-refractivity contribution is 6.35. The lowest BCUT2D eigenvalue weighted by molar-refractivity contribution is -0.116. The highest BCUT2D eigenvalue weighted by atomic mass is 35.5. The number of halogens is 2. The van der Waals surface area contributed by atoms with Crippen molar-refractivity contribution in [3.8, 4) is 0 Å². The summed E-state index contributed by atoms with van der Waals surface area (Å²) >= 11 is 11.8. The Bertz CT molecular complexity index is 410. The van der Waals surface area contributed by atoms with Crippen molar-refractivity contribution in [3.63, 3.8) is 0 Å². The fourth-order valence-electron chi connectivity index (χ4n) is 1.61. The smallest absolute Gasteiger partial charge is 0.224 e. The van der Waals surface area contributed by atoms with Gasteiger partial charge in [-0.25, -0.2) is 0 Å². The summed E-state index contributed by atoms with van der Waals surface area (Å²) in [6.07, 6.45) is 2.22. The molecule has 0 aromatic heterocycles. The van der Waals surface area contributed by atoms with Crippen LogP contribution in [0.25, 0.3) is 0 Å². The van der Waals surface area contributed by atoms with Gasteiger partial charge in [0.2, 0.25) is 5.91 Å². The van der Waals surface area contributed by atoms with E-state index in [1.807, 2.05) is 0 Å². The first-order valence-electron chi connectivity index (χ1n) is 5.98. The quantitative estimate of drug-likeness (QED) is 0.839. The summed E-state index contributed by atoms with van der Waals surface area (Å²) in [7, 11) is 0. The van der Waals surface area contributed by atoms with Gasteiger partial charge in [0.25, 0.3) is 0 Å². The summed E-state index contributed by atoms with van der Waals surface area (Å²) in [6.45, 7) is 2.75. The van der Waals surface area contributed by atoms with Gasteiger partial charge in [-0.1, -0.05) is 30.1 Å². The van der Waals surface area contributed by atoms with Gasteiger partial charge in [-0.15, -0.1) is 0 Å². The number of nitrogens with one attached hydrogen (secondary N) is 1. The molecule has 1 atom stereocenters. The van der Waals surface area contributed by atoms with Crippen molar-refractivity contribution in [1.29, 1.82) is 0 Å². The molecule has 1 amide bonds. The van der Waals surface area contributed by atoms with Gasteiger partial charge in [0.1, 0.15) is 0 Å². The van der Waals surface area contributed by atoms with Gasteiger partial charge in [0, 0.05) is 11.4 Å². The van der Waals surface area contributed by atoms with Gasteiger partial charge in [-0.05, 0) is 43.5 Å². The Morgan fingerprint density at radius 3 is 2.78 bits per heavy atom. The standard InChI is InChI=1S/C13H18Cl2N2O/c1-9(6-7-16)2-5-13(18)17-12-8-10(14)3-4-11(12)15/h3-4,8-9H,2,5-7,16H2,1H3,(H,17,18). The lowest BCUT2D eigenvalue weighted by Gasteiger charge is -2.11. The normalized spacial score (nSPS) is 12.2. The first-order chi connectivity index (χ1) is 8.52. The minimum absolute atomic E-state index is 0.0527. The maximum Gasteiger partial charge on any atom is 0.224 e. The zero-order valence-corrected chi connectivity index (χ0v) is 11.9. The second-order valence-electron chi connectivity index (χ2n) is 4.39. The minimum Gasteiger partial charge on any atom is -0.330 e. The van der Waals surface area contributed by atoms with Crippen LogP contribution in [0.1, 0.15) is 26.2 Å². The largest absolute Gasteiger partial charge is 0.330 e. The third-order valence-electron chi connectivity index (χ3n) is 2.73. The fourth-order valence-corrected chi connectivity index (χ4v) is 1.95. The van der Waals surface area contributed by atoms with Gasteiger partial charge in [-0.3, -0.25) is 4.79 Å². The average molecular weight is 289 g/mol. The lowest BCUT2D eigenvalue weighted by Crippen LogP contribution is -2.14. The Morgan fingerprint density at radius 1 is 1.39 bits per heavy atom. The number of rotatable bonds is 6. The monoisotopic (exact) mass is 288 g/mol. The molecule has 3 nitrogen and oxygen atoms in total. The Balaban J connectivity index is 2.47. The molecule has 0 spiro atoms. The molecule has 1 unspecified atom stereocenters. The molecule has 1 aromatic rings. The molecule has 0 saturated carbocycles. The first-order valence-corrected chi connectivity index (χ1v) is 6.73. The molecule has 5 heteroatoms. The van der Waals surface area contributed by atoms with Crippen LogP contribution in [-0.4, -0.2) is 12.5 Å². The van der Waals surface area contributed by atoms with Crippen LogP contribution < -0.4 is 11.1 Å². The van der Waals surface area contributed by atoms with E-state index in [0.29, 0.717) is 34.6 Å². The van der Waals surface area contributed by atoms with Crippen LogP contribution >= 0.6 is 23.2 Å². The first kappa shape index (κ1) is 15.3. The molecule has 0 aliphatic heterocycles. The van der Waals surface area contributed by atoms with Crippen molar-refractivity contribution in [2.24, 2.45) is 11.7 Å². The van der Waals surface area contributed by atoms with Gasteiger partial charge in [0.05, 0.1) is 10.7 Å². The number of hydrogen-bond acceptors (Lipinski definition) is 2. The van der Waals surface area contributed by atoms with Crippen LogP contribution in [0.4, 0.5) is 5.69 Å². The molecule has 0 aliphatic carbocycles. The van der Waals surface area contributed by atoms with Crippen LogP contribution in [0.5, 0.6) is 0 Å². The Hall–Kier alpha value is -0.770. The number of carbonyl (C=O) groups excluding carboxylic acids is 1. The van der Waals surface area contributed by atoms with E-state index in [2.05, 4.69) is 12.2 Å². The Kier molecular flexibility index (Phi) is 6.47. The number of hydrogen-bond donors (Lipinski definition) is 2. The lowest BCUT2D eigenvalue weighted by atomic mass is 10.0. The molecular weight excluding hydrogens is 271 g/mol. The highest BCUT2D eigenvalue weighted by Crippen LogP contribution is 2.25. The maximum atomic E-state index is 11.7. The molecule has 0 aliphatic rings. The summed E-state index contributed by atoms with van der Waals surface area (Å²) < 4.78 is 0. The van der Waals surface area contributed by atoms with Gasteiger partial charge < -0.3 is 11.1 Å². The zero-order valence-electron chi connectivity index (χ0n) is 10.4. The number of anilines is 1. The van der Waals surface area contributed by atoms with Gasteiger partial charge in [-0.2, -0.15) is 0 Å². The van der Waals surface area contributed by atoms with Crippen molar-refractivity contribution in [1.82, 2.24) is 0 Å². The number of carbonyl (C=O) groups is 1. The van der Waals surface area contributed by atoms with Crippen molar-refractivity contribution >= 4 is 34.8 Å². The molecule has 0 bridgehead atoms. The third kappa shape index (κ3) is 5.25. The van der Waals surface area contributed by atoms with Crippen molar-refractivity contribution in [2.75, 3.05) is 11.9 Å². The molecule has 1 rings (SSSR count). The molecular formula is C13H18Cl2N2O. The van der Waals surface area contributed by atoms with E-state index in [1.165, 1.54) is 0 Å². The summed E-state index contributed by atoms with van der Waals surface area (Å²) in [5.74, 6) is 0.402. The Morgan fingerprint density at radius 2 is 2.11 bits per heavy atom. The van der Waals surface area contributed by atoms with E-state index in [4.69, 9.17) is 28.9 Å². The van der Waals surface area contributed by atoms with Gasteiger partial charge >= 0.3 is 0 Å². The predicted molar refractivity (Wildman–Crippen MR) is 77.2 cm³/mol. The van der Waals surface area contributed by atoms with Crippen LogP contribution in [0.3, 0.4) is 0 Å². The molecule has 1 aromatic carbocycles. The van der Waals surface area contributed by atoms with Crippen molar-refractivity contribution < 1.29 is 4.79 Å². The molecule has 18 heavy (non-hydrogen) atoms. The highest BCUT2D eigenvalue weighted by Gasteiger charge is 2.09. The van der Waals surface area contributed by atoms with Crippen molar-refractivity contribution in [3.05, 3.63) is 28.2 Å². The summed E-state index contributed by atoms with van der Waals surface area (Å²) in [6, 6.07) is 4.99. The summed E-state index contributed by atoms with van der Waals surface area (Å²) in [5.41, 5.74) is 6.02. The second-order valence-corrected chi connectivity index (χ2v) is 5.24. The molecule has 0 heterocycles. The molecule has 100 valence electrons. The molecule has 0 saturated heterocycles. The fraction of sp³-hybridized carbons (Fsp3) is 0.462. The third-order valence-corrected chi connectivity index (χ3v) is 3.29. The van der Waals surface area contributed by atoms with E-state index >= 15 is 0 Å². The van der Waals surface area contributed by atoms with E-state index in [-0.39, 0.29) is 5.91 Å². The Labute approximate surface area is 118 Å². The predicted octanol–water partition coefficient (Wildman–Crippen LogP) is 3.70. The SMILES string of the molecule is CC(CCN)CCC(=O)Nc1cc(Cl)ccc1Cl.